The van der Waals surface area contributed by atoms with E-state index in [0.29, 0.717) is 18.7 Å². The fraction of sp³-hybridized carbons (Fsp3) is 0.625. The Morgan fingerprint density at radius 2 is 2.00 bits per heavy atom. The molecule has 0 saturated heterocycles. The van der Waals surface area contributed by atoms with Gasteiger partial charge in [-0.2, -0.15) is 0 Å². The summed E-state index contributed by atoms with van der Waals surface area (Å²) < 4.78 is 0. The molecule has 3 heteroatoms. The van der Waals surface area contributed by atoms with Crippen molar-refractivity contribution >= 4 is 17.2 Å². The van der Waals surface area contributed by atoms with Gasteiger partial charge in [-0.05, 0) is 12.8 Å². The van der Waals surface area contributed by atoms with Crippen molar-refractivity contribution in [2.45, 2.75) is 19.3 Å². The molecule has 0 unspecified atom stereocenters. The molecule has 0 aromatic heterocycles. The Bertz CT molecular complexity index is 253. The van der Waals surface area contributed by atoms with Gasteiger partial charge in [-0.25, -0.2) is 0 Å². The predicted octanol–water partition coefficient (Wildman–Crippen LogP) is 0.635. The van der Waals surface area contributed by atoms with E-state index >= 15 is 0 Å². The molecule has 0 amide bonds. The third kappa shape index (κ3) is 1.11. The normalized spacial score (nSPS) is 23.8. The number of hydrogen-bond donors (Lipinski definition) is 0. The molecule has 0 aromatic rings. The van der Waals surface area contributed by atoms with Gasteiger partial charge in [0.05, 0.1) is 5.71 Å². The molecule has 0 atom stereocenters. The molecular weight excluding hydrogens is 140 g/mol. The van der Waals surface area contributed by atoms with Gasteiger partial charge >= 0.3 is 0 Å². The first-order chi connectivity index (χ1) is 5.38. The fourth-order valence-corrected chi connectivity index (χ4v) is 1.46. The molecule has 2 rings (SSSR count). The van der Waals surface area contributed by atoms with Gasteiger partial charge in [-0.3, -0.25) is 14.8 Å². The number of rotatable bonds is 1. The fourth-order valence-electron chi connectivity index (χ4n) is 1.46. The lowest BCUT2D eigenvalue weighted by Crippen LogP contribution is -2.18. The molecule has 0 bridgehead atoms. The topological polar surface area (TPSA) is 41.8 Å². The number of Topliss-reactive ketones (excluding diaryl/α,β-unsaturated/α-hetero) is 1. The van der Waals surface area contributed by atoms with Crippen molar-refractivity contribution in [3.05, 3.63) is 0 Å². The summed E-state index contributed by atoms with van der Waals surface area (Å²) in [7, 11) is 0. The van der Waals surface area contributed by atoms with Gasteiger partial charge in [0.15, 0.2) is 5.78 Å². The Labute approximate surface area is 65.2 Å². The van der Waals surface area contributed by atoms with Crippen molar-refractivity contribution in [2.24, 2.45) is 9.98 Å². The van der Waals surface area contributed by atoms with Crippen LogP contribution in [-0.2, 0) is 4.79 Å². The molecule has 3 nitrogen and oxygen atoms in total. The zero-order valence-electron chi connectivity index (χ0n) is 6.34. The van der Waals surface area contributed by atoms with Crippen molar-refractivity contribution in [3.8, 4) is 0 Å². The van der Waals surface area contributed by atoms with Crippen molar-refractivity contribution in [2.75, 3.05) is 13.1 Å². The van der Waals surface area contributed by atoms with Crippen LogP contribution >= 0.6 is 0 Å². The third-order valence-electron chi connectivity index (χ3n) is 2.02. The maximum atomic E-state index is 11.1. The van der Waals surface area contributed by atoms with Crippen molar-refractivity contribution < 1.29 is 4.79 Å². The number of hydrogen-bond acceptors (Lipinski definition) is 3. The maximum absolute atomic E-state index is 11.1. The molecule has 58 valence electrons. The first-order valence-electron chi connectivity index (χ1n) is 3.99. The number of ketones is 1. The lowest BCUT2D eigenvalue weighted by molar-refractivity contribution is -0.112. The van der Waals surface area contributed by atoms with E-state index in [-0.39, 0.29) is 5.78 Å². The second-order valence-corrected chi connectivity index (χ2v) is 2.84. The molecule has 0 spiro atoms. The van der Waals surface area contributed by atoms with Crippen molar-refractivity contribution in [1.29, 1.82) is 0 Å². The van der Waals surface area contributed by atoms with Crippen LogP contribution < -0.4 is 0 Å². The Morgan fingerprint density at radius 1 is 1.09 bits per heavy atom. The summed E-state index contributed by atoms with van der Waals surface area (Å²) >= 11 is 0. The maximum Gasteiger partial charge on any atom is 0.184 e. The minimum atomic E-state index is 0.186. The standard InChI is InChI=1S/C8H10N2O/c11-7-3-5-10-8(7)6-2-1-4-9-6/h1-5H2. The van der Waals surface area contributed by atoms with Crippen LogP contribution in [0, 0.1) is 0 Å². The average molecular weight is 150 g/mol. The molecule has 2 aliphatic rings. The van der Waals surface area contributed by atoms with Crippen molar-refractivity contribution in [3.63, 3.8) is 0 Å². The summed E-state index contributed by atoms with van der Waals surface area (Å²) in [4.78, 5) is 19.5. The van der Waals surface area contributed by atoms with E-state index in [1.165, 1.54) is 0 Å². The van der Waals surface area contributed by atoms with Gasteiger partial charge in [0.2, 0.25) is 0 Å². The molecule has 2 heterocycles. The molecular formula is C8H10N2O. The van der Waals surface area contributed by atoms with Crippen LogP contribution in [0.25, 0.3) is 0 Å². The van der Waals surface area contributed by atoms with Gasteiger partial charge in [0.1, 0.15) is 5.71 Å². The van der Waals surface area contributed by atoms with Crippen LogP contribution in [0.4, 0.5) is 0 Å². The Balaban J connectivity index is 2.21. The summed E-state index contributed by atoms with van der Waals surface area (Å²) in [5, 5.41) is 0. The molecule has 11 heavy (non-hydrogen) atoms. The first kappa shape index (κ1) is 6.70. The summed E-state index contributed by atoms with van der Waals surface area (Å²) in [6.45, 7) is 1.55. The smallest absolute Gasteiger partial charge is 0.184 e. The van der Waals surface area contributed by atoms with E-state index in [4.69, 9.17) is 0 Å². The van der Waals surface area contributed by atoms with Crippen LogP contribution in [0.1, 0.15) is 19.3 Å². The van der Waals surface area contributed by atoms with Crippen LogP contribution in [0.5, 0.6) is 0 Å². The number of carbonyl (C=O) groups is 1. The zero-order valence-corrected chi connectivity index (χ0v) is 6.34. The van der Waals surface area contributed by atoms with Crippen molar-refractivity contribution in [1.82, 2.24) is 0 Å². The lowest BCUT2D eigenvalue weighted by Gasteiger charge is -1.94. The zero-order chi connectivity index (χ0) is 7.68. The first-order valence-corrected chi connectivity index (χ1v) is 3.99. The minimum absolute atomic E-state index is 0.186. The SMILES string of the molecule is O=C1CCN=C1C1=NCCC1. The van der Waals surface area contributed by atoms with Gasteiger partial charge in [-0.15, -0.1) is 0 Å². The van der Waals surface area contributed by atoms with E-state index in [1.807, 2.05) is 0 Å². The van der Waals surface area contributed by atoms with E-state index in [0.717, 1.165) is 25.1 Å². The summed E-state index contributed by atoms with van der Waals surface area (Å²) in [6, 6.07) is 0. The van der Waals surface area contributed by atoms with Crippen LogP contribution in [-0.4, -0.2) is 30.3 Å². The molecule has 0 aromatic carbocycles. The number of carbonyl (C=O) groups excluding carboxylic acids is 1. The molecule has 2 aliphatic heterocycles. The van der Waals surface area contributed by atoms with Crippen LogP contribution in [0.15, 0.2) is 9.98 Å². The van der Waals surface area contributed by atoms with Gasteiger partial charge in [-0.1, -0.05) is 0 Å². The highest BCUT2D eigenvalue weighted by Crippen LogP contribution is 2.10. The summed E-state index contributed by atoms with van der Waals surface area (Å²) in [5.41, 5.74) is 1.62. The molecule has 0 N–H and O–H groups in total. The van der Waals surface area contributed by atoms with E-state index in [1.54, 1.807) is 0 Å². The van der Waals surface area contributed by atoms with E-state index < -0.39 is 0 Å². The number of aliphatic imine (C=N–C) groups is 2. The average Bonchev–Trinajstić information content (AvgIpc) is 2.55. The van der Waals surface area contributed by atoms with E-state index in [2.05, 4.69) is 9.98 Å². The quantitative estimate of drug-likeness (QED) is 0.540. The second-order valence-electron chi connectivity index (χ2n) is 2.84. The monoisotopic (exact) mass is 150 g/mol. The minimum Gasteiger partial charge on any atom is -0.292 e. The molecule has 0 saturated carbocycles. The van der Waals surface area contributed by atoms with Gasteiger partial charge in [0, 0.05) is 19.5 Å². The largest absolute Gasteiger partial charge is 0.292 e. The molecule has 0 fully saturated rings. The van der Waals surface area contributed by atoms with Crippen LogP contribution in [0.2, 0.25) is 0 Å². The Morgan fingerprint density at radius 3 is 2.55 bits per heavy atom. The highest BCUT2D eigenvalue weighted by Gasteiger charge is 2.23. The molecule has 0 radical (unpaired) electrons. The number of nitrogens with zero attached hydrogens (tertiary/aromatic N) is 2. The Kier molecular flexibility index (Phi) is 1.56. The van der Waals surface area contributed by atoms with Gasteiger partial charge < -0.3 is 0 Å². The van der Waals surface area contributed by atoms with Crippen LogP contribution in [0.3, 0.4) is 0 Å². The second kappa shape index (κ2) is 2.57. The highest BCUT2D eigenvalue weighted by molar-refractivity contribution is 6.68. The molecule has 0 aliphatic carbocycles. The third-order valence-corrected chi connectivity index (χ3v) is 2.02. The Hall–Kier alpha value is -0.990. The highest BCUT2D eigenvalue weighted by atomic mass is 16.1. The van der Waals surface area contributed by atoms with Gasteiger partial charge in [0.25, 0.3) is 0 Å². The lowest BCUT2D eigenvalue weighted by atomic mass is 10.1. The van der Waals surface area contributed by atoms with E-state index in [9.17, 15) is 4.79 Å². The summed E-state index contributed by atoms with van der Waals surface area (Å²) in [5.74, 6) is 0.186. The predicted molar refractivity (Wildman–Crippen MR) is 43.5 cm³/mol. The summed E-state index contributed by atoms with van der Waals surface area (Å²) in [6.07, 6.45) is 2.63.